The number of halogens is 2. The van der Waals surface area contributed by atoms with E-state index in [9.17, 15) is 9.90 Å². The molecule has 18 heavy (non-hydrogen) atoms. The van der Waals surface area contributed by atoms with Crippen molar-refractivity contribution < 1.29 is 9.90 Å². The fourth-order valence-corrected chi connectivity index (χ4v) is 2.68. The summed E-state index contributed by atoms with van der Waals surface area (Å²) in [5, 5.41) is 9.56. The molecule has 2 unspecified atom stereocenters. The van der Waals surface area contributed by atoms with Crippen LogP contribution in [-0.4, -0.2) is 33.8 Å². The average Bonchev–Trinajstić information content (AvgIpc) is 2.35. The number of rotatable bonds is 1. The third-order valence-electron chi connectivity index (χ3n) is 3.28. The van der Waals surface area contributed by atoms with Crippen LogP contribution in [0.1, 0.15) is 23.7 Å². The summed E-state index contributed by atoms with van der Waals surface area (Å²) in [6, 6.07) is 4.58. The number of carbonyl (C=O) groups excluding carboxylic acids is 1. The van der Waals surface area contributed by atoms with Crippen LogP contribution in [0.3, 0.4) is 0 Å². The van der Waals surface area contributed by atoms with Gasteiger partial charge >= 0.3 is 0 Å². The molecule has 2 atom stereocenters. The topological polar surface area (TPSA) is 40.5 Å². The molecular formula is C13H15BrClNO2. The fourth-order valence-electron chi connectivity index (χ4n) is 2.12. The first-order valence-electron chi connectivity index (χ1n) is 5.91. The van der Waals surface area contributed by atoms with Gasteiger partial charge in [0.2, 0.25) is 0 Å². The predicted molar refractivity (Wildman–Crippen MR) is 75.5 cm³/mol. The van der Waals surface area contributed by atoms with Gasteiger partial charge in [-0.15, -0.1) is 0 Å². The van der Waals surface area contributed by atoms with Gasteiger partial charge in [0.25, 0.3) is 5.91 Å². The molecular weight excluding hydrogens is 318 g/mol. The largest absolute Gasteiger partial charge is 0.506 e. The van der Waals surface area contributed by atoms with Gasteiger partial charge in [-0.25, -0.2) is 0 Å². The number of amides is 1. The zero-order valence-corrected chi connectivity index (χ0v) is 12.4. The lowest BCUT2D eigenvalue weighted by Gasteiger charge is -2.34. The monoisotopic (exact) mass is 331 g/mol. The van der Waals surface area contributed by atoms with Crippen LogP contribution >= 0.6 is 27.5 Å². The number of piperidine rings is 1. The van der Waals surface area contributed by atoms with E-state index in [-0.39, 0.29) is 16.7 Å². The minimum atomic E-state index is -0.0249. The molecule has 0 aliphatic carbocycles. The minimum absolute atomic E-state index is 0.000695. The van der Waals surface area contributed by atoms with E-state index < -0.39 is 0 Å². The SMILES string of the molecule is CC1CN(C(=O)c2ccc(O)c(Cl)c2)CCC1Br. The zero-order chi connectivity index (χ0) is 13.3. The Balaban J connectivity index is 2.14. The summed E-state index contributed by atoms with van der Waals surface area (Å²) in [4.78, 5) is 14.6. The highest BCUT2D eigenvalue weighted by Gasteiger charge is 2.27. The van der Waals surface area contributed by atoms with Gasteiger partial charge < -0.3 is 10.0 Å². The fraction of sp³-hybridized carbons (Fsp3) is 0.462. The maximum Gasteiger partial charge on any atom is 0.253 e. The molecule has 1 saturated heterocycles. The number of benzene rings is 1. The van der Waals surface area contributed by atoms with E-state index in [4.69, 9.17) is 11.6 Å². The molecule has 1 amide bonds. The van der Waals surface area contributed by atoms with Crippen LogP contribution < -0.4 is 0 Å². The van der Waals surface area contributed by atoms with Crippen LogP contribution in [0, 0.1) is 5.92 Å². The Morgan fingerprint density at radius 1 is 1.56 bits per heavy atom. The van der Waals surface area contributed by atoms with Gasteiger partial charge in [-0.05, 0) is 30.5 Å². The van der Waals surface area contributed by atoms with Crippen molar-refractivity contribution in [3.63, 3.8) is 0 Å². The van der Waals surface area contributed by atoms with Crippen LogP contribution in [0.5, 0.6) is 5.75 Å². The maximum atomic E-state index is 12.3. The third-order valence-corrected chi connectivity index (χ3v) is 4.95. The summed E-state index contributed by atoms with van der Waals surface area (Å²) in [6.07, 6.45) is 0.957. The van der Waals surface area contributed by atoms with E-state index in [1.807, 2.05) is 4.90 Å². The summed E-state index contributed by atoms with van der Waals surface area (Å²) in [6.45, 7) is 3.62. The van der Waals surface area contributed by atoms with Crippen molar-refractivity contribution in [3.05, 3.63) is 28.8 Å². The standard InChI is InChI=1S/C13H15BrClNO2/c1-8-7-16(5-4-10(8)14)13(18)9-2-3-12(17)11(15)6-9/h2-3,6,8,10,17H,4-5,7H2,1H3. The van der Waals surface area contributed by atoms with Crippen molar-refractivity contribution in [1.82, 2.24) is 4.90 Å². The van der Waals surface area contributed by atoms with E-state index in [1.165, 1.54) is 12.1 Å². The molecule has 1 aromatic rings. The highest BCUT2D eigenvalue weighted by Crippen LogP contribution is 2.27. The number of carbonyl (C=O) groups is 1. The molecule has 1 aromatic carbocycles. The first kappa shape index (κ1) is 13.7. The molecule has 0 saturated carbocycles. The Labute approximate surface area is 120 Å². The number of alkyl halides is 1. The summed E-state index contributed by atoms with van der Waals surface area (Å²) < 4.78 is 0. The van der Waals surface area contributed by atoms with E-state index in [1.54, 1.807) is 6.07 Å². The van der Waals surface area contributed by atoms with Crippen molar-refractivity contribution in [2.24, 2.45) is 5.92 Å². The quantitative estimate of drug-likeness (QED) is 0.802. The number of phenolic OH excluding ortho intramolecular Hbond substituents is 1. The molecule has 1 heterocycles. The average molecular weight is 333 g/mol. The number of likely N-dealkylation sites (tertiary alicyclic amines) is 1. The Hall–Kier alpha value is -0.740. The highest BCUT2D eigenvalue weighted by molar-refractivity contribution is 9.09. The van der Waals surface area contributed by atoms with Crippen molar-refractivity contribution in [3.8, 4) is 5.75 Å². The Morgan fingerprint density at radius 2 is 2.28 bits per heavy atom. The van der Waals surface area contributed by atoms with Crippen molar-refractivity contribution in [2.45, 2.75) is 18.2 Å². The summed E-state index contributed by atoms with van der Waals surface area (Å²) in [5.41, 5.74) is 0.526. The van der Waals surface area contributed by atoms with Gasteiger partial charge in [-0.2, -0.15) is 0 Å². The second-order valence-corrected chi connectivity index (χ2v) is 6.28. The molecule has 2 rings (SSSR count). The number of phenols is 1. The zero-order valence-electron chi connectivity index (χ0n) is 10.1. The lowest BCUT2D eigenvalue weighted by atomic mass is 9.99. The smallest absolute Gasteiger partial charge is 0.253 e. The first-order chi connectivity index (χ1) is 8.49. The van der Waals surface area contributed by atoms with E-state index >= 15 is 0 Å². The number of hydrogen-bond donors (Lipinski definition) is 1. The molecule has 1 aliphatic rings. The minimum Gasteiger partial charge on any atom is -0.506 e. The summed E-state index contributed by atoms with van der Waals surface area (Å²) in [7, 11) is 0. The number of nitrogens with zero attached hydrogens (tertiary/aromatic N) is 1. The first-order valence-corrected chi connectivity index (χ1v) is 7.20. The molecule has 0 aromatic heterocycles. The van der Waals surface area contributed by atoms with E-state index in [0.29, 0.717) is 16.3 Å². The van der Waals surface area contributed by atoms with Gasteiger partial charge in [-0.1, -0.05) is 34.5 Å². The third kappa shape index (κ3) is 2.81. The van der Waals surface area contributed by atoms with E-state index in [0.717, 1.165) is 19.5 Å². The van der Waals surface area contributed by atoms with Gasteiger partial charge in [-0.3, -0.25) is 4.79 Å². The Morgan fingerprint density at radius 3 is 2.89 bits per heavy atom. The predicted octanol–water partition coefficient (Wildman–Crippen LogP) is 3.29. The van der Waals surface area contributed by atoms with E-state index in [2.05, 4.69) is 22.9 Å². The molecule has 5 heteroatoms. The second-order valence-electron chi connectivity index (χ2n) is 4.70. The maximum absolute atomic E-state index is 12.3. The molecule has 98 valence electrons. The lowest BCUT2D eigenvalue weighted by molar-refractivity contribution is 0.0690. The molecule has 3 nitrogen and oxygen atoms in total. The molecule has 0 spiro atoms. The molecule has 1 fully saturated rings. The van der Waals surface area contributed by atoms with Gasteiger partial charge in [0.1, 0.15) is 5.75 Å². The second kappa shape index (κ2) is 5.49. The lowest BCUT2D eigenvalue weighted by Crippen LogP contribution is -2.43. The van der Waals surface area contributed by atoms with Crippen LogP contribution in [0.15, 0.2) is 18.2 Å². The Bertz CT molecular complexity index is 466. The highest BCUT2D eigenvalue weighted by atomic mass is 79.9. The van der Waals surface area contributed by atoms with Crippen LogP contribution in [0.4, 0.5) is 0 Å². The Kier molecular flexibility index (Phi) is 4.17. The van der Waals surface area contributed by atoms with Crippen LogP contribution in [0.2, 0.25) is 5.02 Å². The van der Waals surface area contributed by atoms with Gasteiger partial charge in [0, 0.05) is 23.5 Å². The molecule has 0 radical (unpaired) electrons. The summed E-state index contributed by atoms with van der Waals surface area (Å²) >= 11 is 9.44. The summed E-state index contributed by atoms with van der Waals surface area (Å²) in [5.74, 6) is 0.416. The van der Waals surface area contributed by atoms with Crippen LogP contribution in [-0.2, 0) is 0 Å². The number of aromatic hydroxyl groups is 1. The molecule has 1 N–H and O–H groups in total. The number of hydrogen-bond acceptors (Lipinski definition) is 2. The molecule has 0 bridgehead atoms. The van der Waals surface area contributed by atoms with Crippen molar-refractivity contribution in [2.75, 3.05) is 13.1 Å². The normalized spacial score (nSPS) is 24.1. The van der Waals surface area contributed by atoms with Gasteiger partial charge in [0.15, 0.2) is 0 Å². The van der Waals surface area contributed by atoms with Crippen molar-refractivity contribution in [1.29, 1.82) is 0 Å². The van der Waals surface area contributed by atoms with Gasteiger partial charge in [0.05, 0.1) is 5.02 Å². The van der Waals surface area contributed by atoms with Crippen LogP contribution in [0.25, 0.3) is 0 Å². The molecule has 1 aliphatic heterocycles. The van der Waals surface area contributed by atoms with Crippen molar-refractivity contribution >= 4 is 33.4 Å².